The molecule has 1 aromatic carbocycles. The number of H-pyrrole nitrogens is 1. The number of carbonyl (C=O) groups is 1. The number of methoxy groups -OCH3 is 1. The maximum atomic E-state index is 13.0. The van der Waals surface area contributed by atoms with Crippen LogP contribution in [-0.2, 0) is 4.74 Å². The van der Waals surface area contributed by atoms with E-state index in [-0.39, 0.29) is 5.91 Å². The van der Waals surface area contributed by atoms with Crippen LogP contribution in [0.3, 0.4) is 0 Å². The average molecular weight is 380 g/mol. The fourth-order valence-electron chi connectivity index (χ4n) is 3.58. The monoisotopic (exact) mass is 380 g/mol. The molecule has 0 radical (unpaired) electrons. The molecule has 3 aromatic rings. The molecule has 0 saturated carbocycles. The highest BCUT2D eigenvalue weighted by Crippen LogP contribution is 2.29. The molecular formula is C21H24N4O3. The second-order valence-electron chi connectivity index (χ2n) is 6.90. The Morgan fingerprint density at radius 2 is 2.00 bits per heavy atom. The smallest absolute Gasteiger partial charge is 0.259 e. The summed E-state index contributed by atoms with van der Waals surface area (Å²) in [5, 5.41) is 0. The Morgan fingerprint density at radius 1 is 1.18 bits per heavy atom. The molecule has 1 fully saturated rings. The van der Waals surface area contributed by atoms with Crippen LogP contribution in [0.5, 0.6) is 5.88 Å². The number of amides is 1. The van der Waals surface area contributed by atoms with Gasteiger partial charge in [0.2, 0.25) is 5.88 Å². The Labute approximate surface area is 163 Å². The largest absolute Gasteiger partial charge is 0.475 e. The quantitative estimate of drug-likeness (QED) is 0.665. The molecule has 0 bridgehead atoms. The Hall–Kier alpha value is -2.93. The van der Waals surface area contributed by atoms with E-state index >= 15 is 0 Å². The van der Waals surface area contributed by atoms with Crippen molar-refractivity contribution >= 4 is 16.9 Å². The summed E-state index contributed by atoms with van der Waals surface area (Å²) in [6, 6.07) is 11.6. The van der Waals surface area contributed by atoms with E-state index in [1.165, 1.54) is 0 Å². The fraction of sp³-hybridized carbons (Fsp3) is 0.381. The van der Waals surface area contributed by atoms with E-state index < -0.39 is 0 Å². The standard InChI is InChI=1S/C21H24N4O3/c1-27-13-14-28-20-16(5-4-10-22-20)21(26)25-11-8-15(9-12-25)19-23-17-6-2-3-7-18(17)24-19/h2-7,10,15H,8-9,11-14H2,1H3,(H,23,24). The van der Waals surface area contributed by atoms with Crippen molar-refractivity contribution in [2.75, 3.05) is 33.4 Å². The van der Waals surface area contributed by atoms with Crippen LogP contribution in [0.25, 0.3) is 11.0 Å². The lowest BCUT2D eigenvalue weighted by Gasteiger charge is -2.31. The molecule has 0 atom stereocenters. The van der Waals surface area contributed by atoms with Gasteiger partial charge in [-0.1, -0.05) is 12.1 Å². The van der Waals surface area contributed by atoms with Gasteiger partial charge in [-0.05, 0) is 37.1 Å². The number of nitrogens with one attached hydrogen (secondary N) is 1. The minimum atomic E-state index is -0.0384. The molecule has 2 aromatic heterocycles. The van der Waals surface area contributed by atoms with Crippen LogP contribution in [0.1, 0.15) is 34.9 Å². The highest BCUT2D eigenvalue weighted by atomic mass is 16.5. The summed E-state index contributed by atoms with van der Waals surface area (Å²) in [5.41, 5.74) is 2.55. The number of likely N-dealkylation sites (tertiary alicyclic amines) is 1. The van der Waals surface area contributed by atoms with Gasteiger partial charge in [0.1, 0.15) is 18.0 Å². The number of rotatable bonds is 6. The SMILES string of the molecule is COCCOc1ncccc1C(=O)N1CCC(c2nc3ccccc3[nH]2)CC1. The van der Waals surface area contributed by atoms with Crippen molar-refractivity contribution in [1.29, 1.82) is 0 Å². The minimum Gasteiger partial charge on any atom is -0.475 e. The molecule has 7 heteroatoms. The van der Waals surface area contributed by atoms with Crippen molar-refractivity contribution in [2.24, 2.45) is 0 Å². The number of hydrogen-bond acceptors (Lipinski definition) is 5. The molecule has 1 saturated heterocycles. The molecule has 0 aliphatic carbocycles. The summed E-state index contributed by atoms with van der Waals surface area (Å²) in [4.78, 5) is 27.2. The second kappa shape index (κ2) is 8.39. The number of imidazole rings is 1. The molecule has 1 aliphatic rings. The third-order valence-corrected chi connectivity index (χ3v) is 5.10. The van der Waals surface area contributed by atoms with Gasteiger partial charge in [0.25, 0.3) is 5.91 Å². The van der Waals surface area contributed by atoms with E-state index in [0.717, 1.165) is 29.7 Å². The molecule has 0 spiro atoms. The summed E-state index contributed by atoms with van der Waals surface area (Å²) >= 11 is 0. The number of nitrogens with zero attached hydrogens (tertiary/aromatic N) is 3. The number of fused-ring (bicyclic) bond motifs is 1. The van der Waals surface area contributed by atoms with Gasteiger partial charge in [0.15, 0.2) is 0 Å². The molecular weight excluding hydrogens is 356 g/mol. The van der Waals surface area contributed by atoms with E-state index in [4.69, 9.17) is 14.5 Å². The van der Waals surface area contributed by atoms with Crippen molar-refractivity contribution in [3.8, 4) is 5.88 Å². The van der Waals surface area contributed by atoms with Gasteiger partial charge in [-0.2, -0.15) is 0 Å². The Kier molecular flexibility index (Phi) is 5.53. The third-order valence-electron chi connectivity index (χ3n) is 5.10. The first-order chi connectivity index (χ1) is 13.8. The van der Waals surface area contributed by atoms with Crippen molar-refractivity contribution in [3.05, 3.63) is 54.0 Å². The van der Waals surface area contributed by atoms with Crippen LogP contribution in [0.4, 0.5) is 0 Å². The second-order valence-corrected chi connectivity index (χ2v) is 6.90. The van der Waals surface area contributed by atoms with Gasteiger partial charge >= 0.3 is 0 Å². The highest BCUT2D eigenvalue weighted by Gasteiger charge is 2.28. The predicted octanol–water partition coefficient (Wildman–Crippen LogP) is 3.00. The zero-order valence-corrected chi connectivity index (χ0v) is 15.9. The number of pyridine rings is 1. The molecule has 1 aliphatic heterocycles. The van der Waals surface area contributed by atoms with Gasteiger partial charge in [0, 0.05) is 32.3 Å². The number of ether oxygens (including phenoxy) is 2. The van der Waals surface area contributed by atoms with Crippen LogP contribution in [0, 0.1) is 0 Å². The van der Waals surface area contributed by atoms with Crippen molar-refractivity contribution in [1.82, 2.24) is 19.9 Å². The number of carbonyl (C=O) groups excluding carboxylic acids is 1. The van der Waals surface area contributed by atoms with E-state index in [2.05, 4.69) is 9.97 Å². The Balaban J connectivity index is 1.41. The first-order valence-corrected chi connectivity index (χ1v) is 9.57. The van der Waals surface area contributed by atoms with Crippen LogP contribution in [0.2, 0.25) is 0 Å². The molecule has 28 heavy (non-hydrogen) atoms. The molecule has 0 unspecified atom stereocenters. The lowest BCUT2D eigenvalue weighted by atomic mass is 9.95. The number of hydrogen-bond donors (Lipinski definition) is 1. The number of benzene rings is 1. The van der Waals surface area contributed by atoms with Crippen molar-refractivity contribution in [3.63, 3.8) is 0 Å². The van der Waals surface area contributed by atoms with Crippen LogP contribution in [-0.4, -0.2) is 59.2 Å². The summed E-state index contributed by atoms with van der Waals surface area (Å²) in [6.45, 7) is 2.19. The molecule has 146 valence electrons. The Morgan fingerprint density at radius 3 is 2.79 bits per heavy atom. The molecule has 1 amide bonds. The third kappa shape index (κ3) is 3.84. The van der Waals surface area contributed by atoms with E-state index in [0.29, 0.717) is 43.7 Å². The first-order valence-electron chi connectivity index (χ1n) is 9.57. The summed E-state index contributed by atoms with van der Waals surface area (Å²) in [7, 11) is 1.61. The normalized spacial score (nSPS) is 15.1. The number of para-hydroxylation sites is 2. The van der Waals surface area contributed by atoms with Crippen LogP contribution in [0.15, 0.2) is 42.6 Å². The van der Waals surface area contributed by atoms with E-state index in [1.807, 2.05) is 29.2 Å². The average Bonchev–Trinajstić information content (AvgIpc) is 3.18. The van der Waals surface area contributed by atoms with Gasteiger partial charge in [0.05, 0.1) is 17.6 Å². The summed E-state index contributed by atoms with van der Waals surface area (Å²) < 4.78 is 10.6. The summed E-state index contributed by atoms with van der Waals surface area (Å²) in [6.07, 6.45) is 3.39. The number of piperidine rings is 1. The highest BCUT2D eigenvalue weighted by molar-refractivity contribution is 5.96. The predicted molar refractivity (Wildman–Crippen MR) is 106 cm³/mol. The van der Waals surface area contributed by atoms with Crippen molar-refractivity contribution in [2.45, 2.75) is 18.8 Å². The minimum absolute atomic E-state index is 0.0384. The lowest BCUT2D eigenvalue weighted by Crippen LogP contribution is -2.38. The molecule has 7 nitrogen and oxygen atoms in total. The molecule has 1 N–H and O–H groups in total. The van der Waals surface area contributed by atoms with Gasteiger partial charge < -0.3 is 19.4 Å². The zero-order valence-electron chi connectivity index (χ0n) is 15.9. The lowest BCUT2D eigenvalue weighted by molar-refractivity contribution is 0.0703. The van der Waals surface area contributed by atoms with Gasteiger partial charge in [-0.3, -0.25) is 4.79 Å². The van der Waals surface area contributed by atoms with Crippen LogP contribution < -0.4 is 4.74 Å². The maximum absolute atomic E-state index is 13.0. The molecule has 4 rings (SSSR count). The number of aromatic amines is 1. The Bertz CT molecular complexity index is 914. The van der Waals surface area contributed by atoms with E-state index in [1.54, 1.807) is 25.4 Å². The summed E-state index contributed by atoms with van der Waals surface area (Å²) in [5.74, 6) is 1.67. The molecule has 3 heterocycles. The number of aromatic nitrogens is 3. The van der Waals surface area contributed by atoms with Crippen LogP contribution >= 0.6 is 0 Å². The maximum Gasteiger partial charge on any atom is 0.259 e. The van der Waals surface area contributed by atoms with Crippen molar-refractivity contribution < 1.29 is 14.3 Å². The first kappa shape index (κ1) is 18.4. The van der Waals surface area contributed by atoms with Gasteiger partial charge in [-0.15, -0.1) is 0 Å². The topological polar surface area (TPSA) is 80.3 Å². The van der Waals surface area contributed by atoms with E-state index in [9.17, 15) is 4.79 Å². The fourth-order valence-corrected chi connectivity index (χ4v) is 3.58. The zero-order chi connectivity index (χ0) is 19.3. The van der Waals surface area contributed by atoms with Gasteiger partial charge in [-0.25, -0.2) is 9.97 Å².